The maximum atomic E-state index is 9.90. The zero-order valence-electron chi connectivity index (χ0n) is 9.75. The summed E-state index contributed by atoms with van der Waals surface area (Å²) in [5.74, 6) is 3.12. The summed E-state index contributed by atoms with van der Waals surface area (Å²) >= 11 is 1.97. The second kappa shape index (κ2) is 7.55. The van der Waals surface area contributed by atoms with E-state index in [1.807, 2.05) is 18.7 Å². The summed E-state index contributed by atoms with van der Waals surface area (Å²) in [5.41, 5.74) is 4.91. The smallest absolute Gasteiger partial charge is 0.0767 e. The van der Waals surface area contributed by atoms with Gasteiger partial charge in [-0.3, -0.25) is 0 Å². The predicted octanol–water partition coefficient (Wildman–Crippen LogP) is 2.26. The fourth-order valence-electron chi connectivity index (χ4n) is 1.25. The lowest BCUT2D eigenvalue weighted by atomic mass is 9.95. The van der Waals surface area contributed by atoms with Crippen molar-refractivity contribution in [2.24, 2.45) is 11.7 Å². The average Bonchev–Trinajstić information content (AvgIpc) is 2.16. The Bertz CT molecular complexity index is 135. The molecule has 1 unspecified atom stereocenters. The molecular formula is C11H25NOS. The van der Waals surface area contributed by atoms with E-state index in [1.54, 1.807) is 0 Å². The molecule has 0 amide bonds. The maximum Gasteiger partial charge on any atom is 0.0767 e. The normalized spacial score (nSPS) is 15.9. The van der Waals surface area contributed by atoms with Crippen LogP contribution in [-0.2, 0) is 0 Å². The zero-order chi connectivity index (χ0) is 11.0. The molecule has 0 fully saturated rings. The molecule has 0 aliphatic heterocycles. The number of aliphatic hydroxyl groups is 1. The van der Waals surface area contributed by atoms with E-state index in [-0.39, 0.29) is 0 Å². The van der Waals surface area contributed by atoms with Crippen molar-refractivity contribution in [1.82, 2.24) is 0 Å². The Morgan fingerprint density at radius 3 is 2.50 bits per heavy atom. The first kappa shape index (κ1) is 14.3. The first-order valence-corrected chi connectivity index (χ1v) is 6.69. The highest BCUT2D eigenvalue weighted by Crippen LogP contribution is 2.18. The SMILES string of the molecule is CCC(O)(CN)CCCSCC(C)C. The maximum absolute atomic E-state index is 9.90. The molecule has 0 bridgehead atoms. The van der Waals surface area contributed by atoms with Crippen molar-refractivity contribution in [2.75, 3.05) is 18.1 Å². The summed E-state index contributed by atoms with van der Waals surface area (Å²) in [6.45, 7) is 6.84. The molecule has 0 saturated heterocycles. The quantitative estimate of drug-likeness (QED) is 0.616. The lowest BCUT2D eigenvalue weighted by Gasteiger charge is -2.24. The molecule has 86 valence electrons. The summed E-state index contributed by atoms with van der Waals surface area (Å²) in [5, 5.41) is 9.90. The van der Waals surface area contributed by atoms with Crippen LogP contribution < -0.4 is 5.73 Å². The van der Waals surface area contributed by atoms with Crippen molar-refractivity contribution < 1.29 is 5.11 Å². The summed E-state index contributed by atoms with van der Waals surface area (Å²) in [6.07, 6.45) is 2.67. The Kier molecular flexibility index (Phi) is 7.69. The second-order valence-electron chi connectivity index (χ2n) is 4.35. The second-order valence-corrected chi connectivity index (χ2v) is 5.50. The van der Waals surface area contributed by atoms with E-state index in [2.05, 4.69) is 13.8 Å². The van der Waals surface area contributed by atoms with Crippen molar-refractivity contribution >= 4 is 11.8 Å². The number of rotatable bonds is 8. The van der Waals surface area contributed by atoms with Crippen molar-refractivity contribution in [3.63, 3.8) is 0 Å². The van der Waals surface area contributed by atoms with E-state index in [9.17, 15) is 5.11 Å². The molecule has 14 heavy (non-hydrogen) atoms. The van der Waals surface area contributed by atoms with Crippen molar-refractivity contribution in [3.05, 3.63) is 0 Å². The first-order chi connectivity index (χ1) is 6.54. The summed E-state index contributed by atoms with van der Waals surface area (Å²) in [6, 6.07) is 0. The minimum atomic E-state index is -0.613. The third kappa shape index (κ3) is 6.68. The van der Waals surface area contributed by atoms with Gasteiger partial charge in [0.1, 0.15) is 0 Å². The third-order valence-corrected chi connectivity index (χ3v) is 3.90. The van der Waals surface area contributed by atoms with E-state index in [1.165, 1.54) is 5.75 Å². The van der Waals surface area contributed by atoms with Crippen LogP contribution in [0.5, 0.6) is 0 Å². The van der Waals surface area contributed by atoms with Gasteiger partial charge in [-0.2, -0.15) is 11.8 Å². The number of nitrogens with two attached hydrogens (primary N) is 1. The molecule has 0 aliphatic rings. The average molecular weight is 219 g/mol. The van der Waals surface area contributed by atoms with Crippen LogP contribution >= 0.6 is 11.8 Å². The zero-order valence-corrected chi connectivity index (χ0v) is 10.6. The van der Waals surface area contributed by atoms with Crippen LogP contribution in [0.2, 0.25) is 0 Å². The van der Waals surface area contributed by atoms with Gasteiger partial charge in [-0.05, 0) is 36.7 Å². The molecule has 0 aliphatic carbocycles. The fourth-order valence-corrected chi connectivity index (χ4v) is 2.23. The molecule has 1 atom stereocenters. The molecule has 2 nitrogen and oxygen atoms in total. The minimum absolute atomic E-state index is 0.387. The molecule has 0 aromatic carbocycles. The van der Waals surface area contributed by atoms with Crippen LogP contribution in [0.1, 0.15) is 40.0 Å². The van der Waals surface area contributed by atoms with Gasteiger partial charge in [0.15, 0.2) is 0 Å². The standard InChI is InChI=1S/C11H25NOS/c1-4-11(13,9-12)6-5-7-14-8-10(2)3/h10,13H,4-9,12H2,1-3H3. The van der Waals surface area contributed by atoms with Crippen LogP contribution in [0, 0.1) is 5.92 Å². The summed E-state index contributed by atoms with van der Waals surface area (Å²) in [4.78, 5) is 0. The van der Waals surface area contributed by atoms with Gasteiger partial charge in [-0.25, -0.2) is 0 Å². The van der Waals surface area contributed by atoms with Crippen LogP contribution in [0.25, 0.3) is 0 Å². The Labute approximate surface area is 92.6 Å². The number of hydrogen-bond acceptors (Lipinski definition) is 3. The Morgan fingerprint density at radius 1 is 1.43 bits per heavy atom. The first-order valence-electron chi connectivity index (χ1n) is 5.54. The summed E-state index contributed by atoms with van der Waals surface area (Å²) in [7, 11) is 0. The summed E-state index contributed by atoms with van der Waals surface area (Å²) < 4.78 is 0. The molecular weight excluding hydrogens is 194 g/mol. The Balaban J connectivity index is 3.43. The molecule has 0 radical (unpaired) electrons. The van der Waals surface area contributed by atoms with Crippen LogP contribution in [0.4, 0.5) is 0 Å². The van der Waals surface area contributed by atoms with E-state index >= 15 is 0 Å². The number of thioether (sulfide) groups is 1. The van der Waals surface area contributed by atoms with Crippen LogP contribution in [0.15, 0.2) is 0 Å². The van der Waals surface area contributed by atoms with Gasteiger partial charge >= 0.3 is 0 Å². The lowest BCUT2D eigenvalue weighted by molar-refractivity contribution is 0.0360. The van der Waals surface area contributed by atoms with Gasteiger partial charge in [-0.15, -0.1) is 0 Å². The minimum Gasteiger partial charge on any atom is -0.389 e. The monoisotopic (exact) mass is 219 g/mol. The molecule has 3 heteroatoms. The van der Waals surface area contributed by atoms with Crippen molar-refractivity contribution in [2.45, 2.75) is 45.6 Å². The molecule has 0 rings (SSSR count). The fraction of sp³-hybridized carbons (Fsp3) is 1.00. The van der Waals surface area contributed by atoms with Crippen molar-refractivity contribution in [3.8, 4) is 0 Å². The topological polar surface area (TPSA) is 46.2 Å². The van der Waals surface area contributed by atoms with Gasteiger partial charge in [-0.1, -0.05) is 20.8 Å². The van der Waals surface area contributed by atoms with Gasteiger partial charge in [0.2, 0.25) is 0 Å². The Hall–Kier alpha value is 0.270. The van der Waals surface area contributed by atoms with Crippen LogP contribution in [-0.4, -0.2) is 28.8 Å². The van der Waals surface area contributed by atoms with Gasteiger partial charge < -0.3 is 10.8 Å². The van der Waals surface area contributed by atoms with Gasteiger partial charge in [0.25, 0.3) is 0 Å². The molecule has 0 heterocycles. The highest BCUT2D eigenvalue weighted by atomic mass is 32.2. The Morgan fingerprint density at radius 2 is 2.07 bits per heavy atom. The van der Waals surface area contributed by atoms with E-state index in [0.717, 1.165) is 30.9 Å². The van der Waals surface area contributed by atoms with Gasteiger partial charge in [0.05, 0.1) is 5.60 Å². The third-order valence-electron chi connectivity index (χ3n) is 2.42. The van der Waals surface area contributed by atoms with Crippen LogP contribution in [0.3, 0.4) is 0 Å². The molecule has 3 N–H and O–H groups in total. The van der Waals surface area contributed by atoms with E-state index in [0.29, 0.717) is 6.54 Å². The van der Waals surface area contributed by atoms with Crippen molar-refractivity contribution in [1.29, 1.82) is 0 Å². The predicted molar refractivity (Wildman–Crippen MR) is 65.7 cm³/mol. The van der Waals surface area contributed by atoms with E-state index < -0.39 is 5.60 Å². The highest BCUT2D eigenvalue weighted by Gasteiger charge is 2.21. The largest absolute Gasteiger partial charge is 0.389 e. The lowest BCUT2D eigenvalue weighted by Crippen LogP contribution is -2.36. The molecule has 0 saturated carbocycles. The van der Waals surface area contributed by atoms with E-state index in [4.69, 9.17) is 5.73 Å². The molecule has 0 aromatic heterocycles. The number of hydrogen-bond donors (Lipinski definition) is 2. The molecule has 0 aromatic rings. The highest BCUT2D eigenvalue weighted by molar-refractivity contribution is 7.99. The van der Waals surface area contributed by atoms with Gasteiger partial charge in [0, 0.05) is 6.54 Å². The molecule has 0 spiro atoms.